The van der Waals surface area contributed by atoms with Gasteiger partial charge in [0.15, 0.2) is 0 Å². The van der Waals surface area contributed by atoms with Gasteiger partial charge in [-0.25, -0.2) is 0 Å². The summed E-state index contributed by atoms with van der Waals surface area (Å²) >= 11 is 0. The zero-order valence-corrected chi connectivity index (χ0v) is 11.6. The predicted molar refractivity (Wildman–Crippen MR) is 70.7 cm³/mol. The second kappa shape index (κ2) is 5.53. The van der Waals surface area contributed by atoms with Crippen molar-refractivity contribution >= 4 is 0 Å². The van der Waals surface area contributed by atoms with Gasteiger partial charge in [-0.05, 0) is 45.2 Å². The monoisotopic (exact) mass is 222 g/mol. The molecule has 2 heteroatoms. The van der Waals surface area contributed by atoms with E-state index in [2.05, 4.69) is 57.5 Å². The van der Waals surface area contributed by atoms with E-state index < -0.39 is 0 Å². The maximum atomic E-state index is 3.59. The van der Waals surface area contributed by atoms with E-state index in [-0.39, 0.29) is 0 Å². The highest BCUT2D eigenvalue weighted by atomic mass is 15.0. The Bertz CT molecular complexity index is 337. The molecule has 0 saturated carbocycles. The molecule has 0 aromatic carbocycles. The molecular formula is C14H26N2. The fraction of sp³-hybridized carbons (Fsp3) is 0.714. The average Bonchev–Trinajstić information content (AvgIpc) is 2.50. The highest BCUT2D eigenvalue weighted by Crippen LogP contribution is 2.15. The van der Waals surface area contributed by atoms with Crippen molar-refractivity contribution in [1.82, 2.24) is 9.88 Å². The van der Waals surface area contributed by atoms with Crippen LogP contribution in [0.15, 0.2) is 6.07 Å². The average molecular weight is 222 g/mol. The molecule has 0 aliphatic heterocycles. The number of aryl methyl sites for hydroxylation is 1. The number of aromatic nitrogens is 1. The van der Waals surface area contributed by atoms with E-state index in [1.807, 2.05) is 0 Å². The lowest BCUT2D eigenvalue weighted by molar-refractivity contribution is 0.425. The molecule has 0 spiro atoms. The first-order chi connectivity index (χ1) is 7.47. The minimum absolute atomic E-state index is 0.574. The molecule has 1 aromatic heterocycles. The molecule has 1 aromatic rings. The van der Waals surface area contributed by atoms with E-state index in [4.69, 9.17) is 0 Å². The molecule has 1 N–H and O–H groups in total. The van der Waals surface area contributed by atoms with Crippen LogP contribution in [0.5, 0.6) is 0 Å². The van der Waals surface area contributed by atoms with Crippen molar-refractivity contribution in [3.8, 4) is 0 Å². The van der Waals surface area contributed by atoms with Gasteiger partial charge >= 0.3 is 0 Å². The van der Waals surface area contributed by atoms with Gasteiger partial charge in [0.25, 0.3) is 0 Å². The van der Waals surface area contributed by atoms with Gasteiger partial charge < -0.3 is 9.88 Å². The van der Waals surface area contributed by atoms with Gasteiger partial charge in [-0.1, -0.05) is 13.8 Å². The third kappa shape index (κ3) is 2.88. The normalized spacial score (nSPS) is 13.4. The van der Waals surface area contributed by atoms with Gasteiger partial charge in [-0.15, -0.1) is 0 Å². The molecule has 0 aliphatic carbocycles. The first-order valence-corrected chi connectivity index (χ1v) is 6.36. The van der Waals surface area contributed by atoms with Crippen molar-refractivity contribution in [3.05, 3.63) is 23.0 Å². The molecule has 0 aliphatic rings. The quantitative estimate of drug-likeness (QED) is 0.809. The van der Waals surface area contributed by atoms with E-state index in [1.54, 1.807) is 0 Å². The SMILES string of the molecule is CCn1c(C)cc(CNC(C)C(C)C)c1C. The molecule has 0 bridgehead atoms. The zero-order chi connectivity index (χ0) is 12.3. The molecule has 1 rings (SSSR count). The summed E-state index contributed by atoms with van der Waals surface area (Å²) in [4.78, 5) is 0. The van der Waals surface area contributed by atoms with Crippen LogP contribution in [-0.2, 0) is 13.1 Å². The summed E-state index contributed by atoms with van der Waals surface area (Å²) in [6.07, 6.45) is 0. The molecule has 2 nitrogen and oxygen atoms in total. The minimum Gasteiger partial charge on any atom is -0.349 e. The van der Waals surface area contributed by atoms with Crippen molar-refractivity contribution < 1.29 is 0 Å². The van der Waals surface area contributed by atoms with Crippen LogP contribution in [0.4, 0.5) is 0 Å². The van der Waals surface area contributed by atoms with Gasteiger partial charge in [0.1, 0.15) is 0 Å². The molecule has 1 unspecified atom stereocenters. The lowest BCUT2D eigenvalue weighted by Gasteiger charge is -2.17. The third-order valence-corrected chi connectivity index (χ3v) is 3.61. The number of hydrogen-bond donors (Lipinski definition) is 1. The van der Waals surface area contributed by atoms with E-state index in [9.17, 15) is 0 Å². The molecule has 0 saturated heterocycles. The Morgan fingerprint density at radius 2 is 1.88 bits per heavy atom. The molecule has 1 atom stereocenters. The molecule has 16 heavy (non-hydrogen) atoms. The van der Waals surface area contributed by atoms with Crippen molar-refractivity contribution in [2.75, 3.05) is 0 Å². The molecular weight excluding hydrogens is 196 g/mol. The van der Waals surface area contributed by atoms with Crippen molar-refractivity contribution in [2.24, 2.45) is 5.92 Å². The Kier molecular flexibility index (Phi) is 4.60. The number of rotatable bonds is 5. The van der Waals surface area contributed by atoms with Crippen molar-refractivity contribution in [3.63, 3.8) is 0 Å². The van der Waals surface area contributed by atoms with Crippen LogP contribution >= 0.6 is 0 Å². The van der Waals surface area contributed by atoms with Crippen LogP contribution in [0.1, 0.15) is 44.6 Å². The standard InChI is InChI=1S/C14H26N2/c1-7-16-11(4)8-14(13(16)6)9-15-12(5)10(2)3/h8,10,12,15H,7,9H2,1-6H3. The molecule has 0 amide bonds. The smallest absolute Gasteiger partial charge is 0.0225 e. The van der Waals surface area contributed by atoms with Crippen LogP contribution in [0, 0.1) is 19.8 Å². The Morgan fingerprint density at radius 3 is 2.31 bits per heavy atom. The van der Waals surface area contributed by atoms with Gasteiger partial charge in [0.2, 0.25) is 0 Å². The summed E-state index contributed by atoms with van der Waals surface area (Å²) in [5.41, 5.74) is 4.21. The van der Waals surface area contributed by atoms with Crippen LogP contribution < -0.4 is 5.32 Å². The number of nitrogens with one attached hydrogen (secondary N) is 1. The van der Waals surface area contributed by atoms with E-state index in [1.165, 1.54) is 17.0 Å². The summed E-state index contributed by atoms with van der Waals surface area (Å²) in [5.74, 6) is 0.690. The lowest BCUT2D eigenvalue weighted by atomic mass is 10.1. The first kappa shape index (κ1) is 13.3. The Balaban J connectivity index is 2.68. The largest absolute Gasteiger partial charge is 0.349 e. The van der Waals surface area contributed by atoms with Gasteiger partial charge in [0, 0.05) is 30.5 Å². The Labute approximate surface area is 100 Å². The number of nitrogens with zero attached hydrogens (tertiary/aromatic N) is 1. The maximum absolute atomic E-state index is 3.59. The molecule has 0 fully saturated rings. The summed E-state index contributed by atoms with van der Waals surface area (Å²) in [5, 5.41) is 3.59. The predicted octanol–water partition coefficient (Wildman–Crippen LogP) is 3.26. The first-order valence-electron chi connectivity index (χ1n) is 6.36. The Hall–Kier alpha value is -0.760. The Morgan fingerprint density at radius 1 is 1.25 bits per heavy atom. The second-order valence-corrected chi connectivity index (χ2v) is 5.05. The van der Waals surface area contributed by atoms with Crippen molar-refractivity contribution in [2.45, 2.75) is 60.7 Å². The second-order valence-electron chi connectivity index (χ2n) is 5.05. The summed E-state index contributed by atoms with van der Waals surface area (Å²) in [6, 6.07) is 2.88. The highest BCUT2D eigenvalue weighted by molar-refractivity contribution is 5.26. The van der Waals surface area contributed by atoms with E-state index in [0.717, 1.165) is 13.1 Å². The lowest BCUT2D eigenvalue weighted by Crippen LogP contribution is -2.30. The molecule has 92 valence electrons. The summed E-state index contributed by atoms with van der Waals surface area (Å²) in [7, 11) is 0. The fourth-order valence-corrected chi connectivity index (χ4v) is 2.04. The highest BCUT2D eigenvalue weighted by Gasteiger charge is 2.10. The van der Waals surface area contributed by atoms with E-state index >= 15 is 0 Å². The minimum atomic E-state index is 0.574. The molecule has 1 heterocycles. The fourth-order valence-electron chi connectivity index (χ4n) is 2.04. The molecule has 0 radical (unpaired) electrons. The van der Waals surface area contributed by atoms with Crippen LogP contribution in [0.2, 0.25) is 0 Å². The van der Waals surface area contributed by atoms with Gasteiger partial charge in [0.05, 0.1) is 0 Å². The summed E-state index contributed by atoms with van der Waals surface area (Å²) < 4.78 is 2.37. The topological polar surface area (TPSA) is 17.0 Å². The maximum Gasteiger partial charge on any atom is 0.0225 e. The summed E-state index contributed by atoms with van der Waals surface area (Å²) in [6.45, 7) is 15.4. The van der Waals surface area contributed by atoms with Crippen LogP contribution in [-0.4, -0.2) is 10.6 Å². The zero-order valence-electron chi connectivity index (χ0n) is 11.6. The third-order valence-electron chi connectivity index (χ3n) is 3.61. The van der Waals surface area contributed by atoms with Gasteiger partial charge in [-0.2, -0.15) is 0 Å². The van der Waals surface area contributed by atoms with E-state index in [0.29, 0.717) is 12.0 Å². The van der Waals surface area contributed by atoms with Crippen LogP contribution in [0.25, 0.3) is 0 Å². The number of hydrogen-bond acceptors (Lipinski definition) is 1. The van der Waals surface area contributed by atoms with Gasteiger partial charge in [-0.3, -0.25) is 0 Å². The van der Waals surface area contributed by atoms with Crippen molar-refractivity contribution in [1.29, 1.82) is 0 Å². The van der Waals surface area contributed by atoms with Crippen LogP contribution in [0.3, 0.4) is 0 Å².